The van der Waals surface area contributed by atoms with Crippen LogP contribution in [0.2, 0.25) is 0 Å². The molecule has 0 fully saturated rings. The van der Waals surface area contributed by atoms with Gasteiger partial charge in [-0.1, -0.05) is 12.1 Å². The van der Waals surface area contributed by atoms with Gasteiger partial charge >= 0.3 is 6.18 Å². The number of halogens is 4. The van der Waals surface area contributed by atoms with Crippen molar-refractivity contribution in [3.8, 4) is 5.75 Å². The van der Waals surface area contributed by atoms with E-state index in [1.165, 1.54) is 0 Å². The molecule has 1 aromatic rings. The highest BCUT2D eigenvalue weighted by molar-refractivity contribution is 14.0. The zero-order valence-electron chi connectivity index (χ0n) is 14.2. The van der Waals surface area contributed by atoms with Crippen molar-refractivity contribution in [2.24, 2.45) is 4.99 Å². The molecule has 1 N–H and O–H groups in total. The maximum Gasteiger partial charge on any atom is 0.389 e. The zero-order chi connectivity index (χ0) is 17.3. The van der Waals surface area contributed by atoms with Crippen LogP contribution in [0.15, 0.2) is 29.3 Å². The molecule has 0 spiro atoms. The molecule has 0 aliphatic rings. The lowest BCUT2D eigenvalue weighted by molar-refractivity contribution is -0.135. The molecule has 4 nitrogen and oxygen atoms in total. The van der Waals surface area contributed by atoms with E-state index in [1.807, 2.05) is 36.2 Å². The topological polar surface area (TPSA) is 36.9 Å². The van der Waals surface area contributed by atoms with E-state index in [0.717, 1.165) is 11.3 Å². The average molecular weight is 459 g/mol. The summed E-state index contributed by atoms with van der Waals surface area (Å²) >= 11 is 0. The van der Waals surface area contributed by atoms with Crippen LogP contribution >= 0.6 is 24.0 Å². The molecule has 1 aromatic carbocycles. The standard InChI is InChI=1S/C16H24F3N3O.HI/c1-20-15(21-11-5-4-10-16(17,18)19)22(2)12-13-6-8-14(23-3)9-7-13;/h6-9H,4-5,10-12H2,1-3H3,(H,20,21);1H. The van der Waals surface area contributed by atoms with Crippen molar-refractivity contribution in [1.82, 2.24) is 10.2 Å². The molecule has 138 valence electrons. The van der Waals surface area contributed by atoms with E-state index >= 15 is 0 Å². The Balaban J connectivity index is 0.00000529. The summed E-state index contributed by atoms with van der Waals surface area (Å²) in [6, 6.07) is 7.70. The number of benzene rings is 1. The van der Waals surface area contributed by atoms with Crippen LogP contribution < -0.4 is 10.1 Å². The Bertz CT molecular complexity index is 492. The summed E-state index contributed by atoms with van der Waals surface area (Å²) in [7, 11) is 5.16. The summed E-state index contributed by atoms with van der Waals surface area (Å²) in [6.07, 6.45) is -4.24. The highest BCUT2D eigenvalue weighted by Gasteiger charge is 2.25. The molecular weight excluding hydrogens is 434 g/mol. The molecule has 0 atom stereocenters. The molecule has 0 heterocycles. The van der Waals surface area contributed by atoms with Gasteiger partial charge in [0, 0.05) is 33.6 Å². The van der Waals surface area contributed by atoms with Gasteiger partial charge < -0.3 is 15.0 Å². The number of aliphatic imine (C=N–C) groups is 1. The minimum atomic E-state index is -4.08. The number of guanidine groups is 1. The summed E-state index contributed by atoms with van der Waals surface area (Å²) in [6.45, 7) is 1.11. The number of hydrogen-bond acceptors (Lipinski definition) is 2. The van der Waals surface area contributed by atoms with Gasteiger partial charge in [0.15, 0.2) is 5.96 Å². The molecule has 0 aliphatic carbocycles. The lowest BCUT2D eigenvalue weighted by Crippen LogP contribution is -2.38. The Morgan fingerprint density at radius 2 is 1.83 bits per heavy atom. The van der Waals surface area contributed by atoms with Gasteiger partial charge in [-0.15, -0.1) is 24.0 Å². The number of ether oxygens (including phenoxy) is 1. The third-order valence-electron chi connectivity index (χ3n) is 3.32. The van der Waals surface area contributed by atoms with Crippen molar-refractivity contribution in [2.45, 2.75) is 32.0 Å². The second-order valence-corrected chi connectivity index (χ2v) is 5.25. The maximum absolute atomic E-state index is 12.1. The Morgan fingerprint density at radius 3 is 2.33 bits per heavy atom. The van der Waals surface area contributed by atoms with Gasteiger partial charge in [0.1, 0.15) is 5.75 Å². The molecule has 0 bridgehead atoms. The third kappa shape index (κ3) is 9.19. The Morgan fingerprint density at radius 1 is 1.21 bits per heavy atom. The Hall–Kier alpha value is -1.19. The molecule has 0 unspecified atom stereocenters. The SMILES string of the molecule is CN=C(NCCCCC(F)(F)F)N(C)Cc1ccc(OC)cc1.I. The molecule has 0 amide bonds. The van der Waals surface area contributed by atoms with Crippen LogP contribution in [0, 0.1) is 0 Å². The van der Waals surface area contributed by atoms with Crippen molar-refractivity contribution in [2.75, 3.05) is 27.7 Å². The number of unbranched alkanes of at least 4 members (excludes halogenated alkanes) is 1. The summed E-state index contributed by atoms with van der Waals surface area (Å²) in [5.41, 5.74) is 1.09. The third-order valence-corrected chi connectivity index (χ3v) is 3.32. The molecule has 8 heteroatoms. The van der Waals surface area contributed by atoms with Crippen LogP contribution in [0.5, 0.6) is 5.75 Å². The van der Waals surface area contributed by atoms with E-state index in [9.17, 15) is 13.2 Å². The molecule has 24 heavy (non-hydrogen) atoms. The van der Waals surface area contributed by atoms with Crippen LogP contribution in [0.25, 0.3) is 0 Å². The lowest BCUT2D eigenvalue weighted by atomic mass is 10.2. The van der Waals surface area contributed by atoms with E-state index in [-0.39, 0.29) is 30.4 Å². The highest BCUT2D eigenvalue weighted by Crippen LogP contribution is 2.21. The van der Waals surface area contributed by atoms with Gasteiger partial charge in [0.25, 0.3) is 0 Å². The zero-order valence-corrected chi connectivity index (χ0v) is 16.5. The molecular formula is C16H25F3IN3O. The summed E-state index contributed by atoms with van der Waals surface area (Å²) in [5.74, 6) is 1.46. The van der Waals surface area contributed by atoms with Crippen LogP contribution in [-0.4, -0.2) is 44.8 Å². The summed E-state index contributed by atoms with van der Waals surface area (Å²) in [5, 5.41) is 3.08. The monoisotopic (exact) mass is 459 g/mol. The lowest BCUT2D eigenvalue weighted by Gasteiger charge is -2.22. The number of nitrogens with one attached hydrogen (secondary N) is 1. The van der Waals surface area contributed by atoms with Crippen molar-refractivity contribution >= 4 is 29.9 Å². The molecule has 1 rings (SSSR count). The van der Waals surface area contributed by atoms with E-state index in [2.05, 4.69) is 10.3 Å². The summed E-state index contributed by atoms with van der Waals surface area (Å²) < 4.78 is 41.3. The first-order valence-electron chi connectivity index (χ1n) is 7.47. The van der Waals surface area contributed by atoms with Crippen molar-refractivity contribution in [1.29, 1.82) is 0 Å². The largest absolute Gasteiger partial charge is 0.497 e. The van der Waals surface area contributed by atoms with Gasteiger partial charge in [-0.25, -0.2) is 0 Å². The first-order chi connectivity index (χ1) is 10.9. The van der Waals surface area contributed by atoms with Crippen LogP contribution in [0.3, 0.4) is 0 Å². The molecule has 0 aliphatic heterocycles. The molecule has 0 saturated heterocycles. The number of methoxy groups -OCH3 is 1. The van der Waals surface area contributed by atoms with Crippen molar-refractivity contribution in [3.63, 3.8) is 0 Å². The van der Waals surface area contributed by atoms with Gasteiger partial charge in [-0.05, 0) is 30.5 Å². The van der Waals surface area contributed by atoms with Gasteiger partial charge in [0.05, 0.1) is 7.11 Å². The molecule has 0 aromatic heterocycles. The number of hydrogen-bond donors (Lipinski definition) is 1. The Kier molecular flexibility index (Phi) is 10.8. The minimum Gasteiger partial charge on any atom is -0.497 e. The normalized spacial score (nSPS) is 11.7. The average Bonchev–Trinajstić information content (AvgIpc) is 2.50. The second kappa shape index (κ2) is 11.4. The van der Waals surface area contributed by atoms with Gasteiger partial charge in [0.2, 0.25) is 0 Å². The number of nitrogens with zero attached hydrogens (tertiary/aromatic N) is 2. The van der Waals surface area contributed by atoms with E-state index in [1.54, 1.807) is 14.2 Å². The van der Waals surface area contributed by atoms with Crippen molar-refractivity contribution in [3.05, 3.63) is 29.8 Å². The first kappa shape index (κ1) is 22.8. The fourth-order valence-corrected chi connectivity index (χ4v) is 2.12. The van der Waals surface area contributed by atoms with E-state index in [4.69, 9.17) is 4.74 Å². The van der Waals surface area contributed by atoms with Crippen LogP contribution in [-0.2, 0) is 6.54 Å². The van der Waals surface area contributed by atoms with Crippen LogP contribution in [0.4, 0.5) is 13.2 Å². The van der Waals surface area contributed by atoms with Gasteiger partial charge in [-0.3, -0.25) is 4.99 Å². The minimum absolute atomic E-state index is 0. The predicted molar refractivity (Wildman–Crippen MR) is 101 cm³/mol. The second-order valence-electron chi connectivity index (χ2n) is 5.25. The fourth-order valence-electron chi connectivity index (χ4n) is 2.12. The van der Waals surface area contributed by atoms with Gasteiger partial charge in [-0.2, -0.15) is 13.2 Å². The number of rotatable bonds is 7. The van der Waals surface area contributed by atoms with E-state index < -0.39 is 12.6 Å². The molecule has 0 radical (unpaired) electrons. The van der Waals surface area contributed by atoms with Crippen LogP contribution in [0.1, 0.15) is 24.8 Å². The Labute approximate surface area is 158 Å². The quantitative estimate of drug-likeness (QED) is 0.289. The predicted octanol–water partition coefficient (Wildman–Crippen LogP) is 4.05. The first-order valence-corrected chi connectivity index (χ1v) is 7.47. The highest BCUT2D eigenvalue weighted by atomic mass is 127. The smallest absolute Gasteiger partial charge is 0.389 e. The fraction of sp³-hybridized carbons (Fsp3) is 0.562. The number of alkyl halides is 3. The molecule has 0 saturated carbocycles. The maximum atomic E-state index is 12.1. The summed E-state index contributed by atoms with van der Waals surface area (Å²) in [4.78, 5) is 6.07. The van der Waals surface area contributed by atoms with E-state index in [0.29, 0.717) is 25.5 Å². The van der Waals surface area contributed by atoms with Crippen molar-refractivity contribution < 1.29 is 17.9 Å².